The van der Waals surface area contributed by atoms with Gasteiger partial charge in [-0.2, -0.15) is 29.4 Å². The Kier molecular flexibility index (Phi) is 4.31. The average Bonchev–Trinajstić information content (AvgIpc) is 2.83. The van der Waals surface area contributed by atoms with Gasteiger partial charge in [-0.25, -0.2) is 0 Å². The van der Waals surface area contributed by atoms with Gasteiger partial charge in [0.15, 0.2) is 0 Å². The first-order valence-corrected chi connectivity index (χ1v) is 5.93. The monoisotopic (exact) mass is 426 g/mol. The Morgan fingerprint density at radius 2 is 1.74 bits per heavy atom. The molecule has 1 aromatic heterocycles. The Morgan fingerprint density at radius 3 is 2.42 bits per heavy atom. The fraction of sp³-hybridized carbons (Fsp3) is 0.0625. The van der Waals surface area contributed by atoms with Crippen molar-refractivity contribution in [2.45, 2.75) is 6.92 Å². The molecule has 19 heavy (non-hydrogen) atoms. The molecule has 0 N–H and O–H groups in total. The number of nitrogens with zero attached hydrogens (tertiary/aromatic N) is 2. The maximum atomic E-state index is 4.45. The minimum absolute atomic E-state index is 0. The summed E-state index contributed by atoms with van der Waals surface area (Å²) in [5.74, 6) is 0. The molecule has 0 aliphatic heterocycles. The predicted molar refractivity (Wildman–Crippen MR) is 72.6 cm³/mol. The van der Waals surface area contributed by atoms with Crippen LogP contribution < -0.4 is 0 Å². The number of aromatic nitrogens is 2. The van der Waals surface area contributed by atoms with Crippen LogP contribution in [0.1, 0.15) is 5.56 Å². The van der Waals surface area contributed by atoms with Crippen LogP contribution in [0.2, 0.25) is 0 Å². The van der Waals surface area contributed by atoms with Crippen molar-refractivity contribution in [3.8, 4) is 16.9 Å². The molecule has 3 aromatic rings. The molecule has 0 aliphatic rings. The molecule has 3 heteroatoms. The van der Waals surface area contributed by atoms with E-state index in [1.54, 1.807) is 0 Å². The van der Waals surface area contributed by atoms with Gasteiger partial charge in [-0.3, -0.25) is 4.68 Å². The van der Waals surface area contributed by atoms with Crippen LogP contribution in [0.25, 0.3) is 16.9 Å². The molecule has 0 bridgehead atoms. The molecule has 2 aromatic carbocycles. The van der Waals surface area contributed by atoms with E-state index in [1.165, 1.54) is 11.1 Å². The van der Waals surface area contributed by atoms with Crippen molar-refractivity contribution in [1.82, 2.24) is 9.78 Å². The summed E-state index contributed by atoms with van der Waals surface area (Å²) in [6, 6.07) is 21.4. The summed E-state index contributed by atoms with van der Waals surface area (Å²) >= 11 is 0. The third kappa shape index (κ3) is 2.67. The van der Waals surface area contributed by atoms with Crippen LogP contribution in [0.5, 0.6) is 0 Å². The first-order valence-electron chi connectivity index (χ1n) is 5.93. The third-order valence-corrected chi connectivity index (χ3v) is 2.92. The van der Waals surface area contributed by atoms with Gasteiger partial charge in [0.2, 0.25) is 0 Å². The van der Waals surface area contributed by atoms with Crippen molar-refractivity contribution in [2.75, 3.05) is 0 Å². The van der Waals surface area contributed by atoms with Crippen molar-refractivity contribution < 1.29 is 20.1 Å². The molecule has 1 radical (unpaired) electrons. The molecule has 3 rings (SSSR count). The quantitative estimate of drug-likeness (QED) is 0.573. The van der Waals surface area contributed by atoms with E-state index in [9.17, 15) is 0 Å². The predicted octanol–water partition coefficient (Wildman–Crippen LogP) is 3.65. The van der Waals surface area contributed by atoms with Gasteiger partial charge in [0.25, 0.3) is 0 Å². The van der Waals surface area contributed by atoms with Crippen LogP contribution in [0.3, 0.4) is 0 Å². The Hall–Kier alpha value is -1.70. The van der Waals surface area contributed by atoms with Crippen LogP contribution >= 0.6 is 0 Å². The fourth-order valence-electron chi connectivity index (χ4n) is 2.07. The van der Waals surface area contributed by atoms with Crippen molar-refractivity contribution in [2.24, 2.45) is 0 Å². The van der Waals surface area contributed by atoms with E-state index in [-0.39, 0.29) is 20.1 Å². The van der Waals surface area contributed by atoms with Crippen molar-refractivity contribution in [1.29, 1.82) is 0 Å². The van der Waals surface area contributed by atoms with Crippen molar-refractivity contribution in [3.63, 3.8) is 0 Å². The molecular weight excluding hydrogens is 412 g/mol. The standard InChI is InChI=1S/C16H13N2.Ir/c1-13-12-17-18(15-10-6-3-7-11-15)16(13)14-8-4-2-5-9-14;/h2-10,12H,1H3;/q-1;. The molecule has 0 unspecified atom stereocenters. The van der Waals surface area contributed by atoms with E-state index in [1.807, 2.05) is 53.3 Å². The SMILES string of the molecule is Cc1cnn(-c2[c-]cccc2)c1-c1ccccc1.[Ir]. The van der Waals surface area contributed by atoms with E-state index in [4.69, 9.17) is 0 Å². The summed E-state index contributed by atoms with van der Waals surface area (Å²) in [6.07, 6.45) is 1.89. The van der Waals surface area contributed by atoms with Gasteiger partial charge >= 0.3 is 0 Å². The molecule has 0 amide bonds. The zero-order valence-electron chi connectivity index (χ0n) is 10.5. The van der Waals surface area contributed by atoms with Gasteiger partial charge in [0.05, 0.1) is 11.9 Å². The van der Waals surface area contributed by atoms with Gasteiger partial charge in [0.1, 0.15) is 0 Å². The first-order chi connectivity index (χ1) is 8.86. The Morgan fingerprint density at radius 1 is 1.00 bits per heavy atom. The number of aryl methyl sites for hydroxylation is 1. The van der Waals surface area contributed by atoms with Gasteiger partial charge in [0, 0.05) is 25.7 Å². The molecule has 1 heterocycles. The molecule has 0 saturated carbocycles. The van der Waals surface area contributed by atoms with Gasteiger partial charge in [-0.1, -0.05) is 30.3 Å². The van der Waals surface area contributed by atoms with Gasteiger partial charge < -0.3 is 0 Å². The number of rotatable bonds is 2. The maximum Gasteiger partial charge on any atom is 0.0745 e. The zero-order valence-corrected chi connectivity index (χ0v) is 12.9. The summed E-state index contributed by atoms with van der Waals surface area (Å²) in [7, 11) is 0. The summed E-state index contributed by atoms with van der Waals surface area (Å²) in [4.78, 5) is 0. The number of para-hydroxylation sites is 1. The third-order valence-electron chi connectivity index (χ3n) is 2.92. The summed E-state index contributed by atoms with van der Waals surface area (Å²) in [5, 5.41) is 4.45. The normalized spacial score (nSPS) is 9.95. The molecule has 0 saturated heterocycles. The van der Waals surface area contributed by atoms with E-state index >= 15 is 0 Å². The Bertz CT molecular complexity index is 645. The van der Waals surface area contributed by atoms with Gasteiger partial charge in [-0.15, -0.1) is 6.07 Å². The first kappa shape index (κ1) is 13.7. The second kappa shape index (κ2) is 5.96. The second-order valence-electron chi connectivity index (χ2n) is 4.20. The molecule has 0 fully saturated rings. The molecule has 97 valence electrons. The zero-order chi connectivity index (χ0) is 12.4. The van der Waals surface area contributed by atoms with Crippen LogP contribution in [-0.2, 0) is 20.1 Å². The average molecular weight is 426 g/mol. The minimum atomic E-state index is 0. The van der Waals surface area contributed by atoms with Crippen LogP contribution in [0.4, 0.5) is 0 Å². The fourth-order valence-corrected chi connectivity index (χ4v) is 2.07. The molecular formula is C16H13IrN2-. The van der Waals surface area contributed by atoms with Crippen molar-refractivity contribution >= 4 is 0 Å². The van der Waals surface area contributed by atoms with Gasteiger partial charge in [-0.05, 0) is 18.2 Å². The van der Waals surface area contributed by atoms with Crippen LogP contribution in [0.15, 0.2) is 60.8 Å². The van der Waals surface area contributed by atoms with Crippen LogP contribution in [0, 0.1) is 13.0 Å². The summed E-state index contributed by atoms with van der Waals surface area (Å²) in [6.45, 7) is 2.08. The van der Waals surface area contributed by atoms with E-state index in [0.29, 0.717) is 0 Å². The van der Waals surface area contributed by atoms with E-state index in [2.05, 4.69) is 30.2 Å². The molecule has 0 spiro atoms. The smallest absolute Gasteiger partial charge is 0.0745 e. The van der Waals surface area contributed by atoms with Crippen molar-refractivity contribution in [3.05, 3.63) is 72.4 Å². The molecule has 0 atom stereocenters. The Balaban J connectivity index is 0.00000133. The summed E-state index contributed by atoms with van der Waals surface area (Å²) < 4.78 is 1.94. The van der Waals surface area contributed by atoms with E-state index in [0.717, 1.165) is 11.4 Å². The van der Waals surface area contributed by atoms with E-state index < -0.39 is 0 Å². The second-order valence-corrected chi connectivity index (χ2v) is 4.20. The summed E-state index contributed by atoms with van der Waals surface area (Å²) in [5.41, 5.74) is 4.42. The largest absolute Gasteiger partial charge is 0.258 e. The molecule has 0 aliphatic carbocycles. The topological polar surface area (TPSA) is 17.8 Å². The minimum Gasteiger partial charge on any atom is -0.258 e. The van der Waals surface area contributed by atoms with Crippen LogP contribution in [-0.4, -0.2) is 9.78 Å². The number of hydrogen-bond donors (Lipinski definition) is 0. The number of benzene rings is 2. The maximum absolute atomic E-state index is 4.45. The number of hydrogen-bond acceptors (Lipinski definition) is 1. The Labute approximate surface area is 126 Å². The molecule has 2 nitrogen and oxygen atoms in total.